The maximum Gasteiger partial charge on any atom is 0.539 e. The Kier molecular flexibility index (Phi) is 14.1. The summed E-state index contributed by atoms with van der Waals surface area (Å²) >= 11 is 0. The molecule has 2 rings (SSSR count). The fourth-order valence-corrected chi connectivity index (χ4v) is 11.9. The smallest absolute Gasteiger partial charge is 0.368 e. The minimum absolute atomic E-state index is 0.202. The first-order valence-electron chi connectivity index (χ1n) is 17.8. The van der Waals surface area contributed by atoms with Gasteiger partial charge in [-0.3, -0.25) is 0 Å². The van der Waals surface area contributed by atoms with Crippen LogP contribution in [0.5, 0.6) is 0 Å². The van der Waals surface area contributed by atoms with E-state index in [0.29, 0.717) is 0 Å². The van der Waals surface area contributed by atoms with Crippen LogP contribution in [0.1, 0.15) is 167 Å². The van der Waals surface area contributed by atoms with E-state index < -0.39 is 14.6 Å². The van der Waals surface area contributed by atoms with Gasteiger partial charge in [0.05, 0.1) is 43.8 Å². The SMILES string of the molecule is CC(C)(C)OC1([SiH3])CCCCC1(OC(C)(C)C)OC(C)(C)C.Cc1cc(C)c([Si](OC(C)(C)C)(OC(C)(C)C)OC(C)(C)C)c(C)c1. The quantitative estimate of drug-likeness (QED) is 0.210. The highest BCUT2D eigenvalue weighted by Gasteiger charge is 2.57. The topological polar surface area (TPSA) is 55.4 Å². The second-order valence-electron chi connectivity index (χ2n) is 19.8. The molecule has 1 aromatic rings. The molecule has 0 aromatic heterocycles. The van der Waals surface area contributed by atoms with E-state index in [1.165, 1.54) is 23.1 Å². The van der Waals surface area contributed by atoms with E-state index in [1.54, 1.807) is 0 Å². The van der Waals surface area contributed by atoms with Crippen molar-refractivity contribution < 1.29 is 27.5 Å². The number of rotatable bonds is 7. The predicted octanol–water partition coefficient (Wildman–Crippen LogP) is 8.97. The molecule has 1 aliphatic carbocycles. The summed E-state index contributed by atoms with van der Waals surface area (Å²) in [6.07, 6.45) is 4.23. The normalized spacial score (nSPS) is 20.2. The van der Waals surface area contributed by atoms with E-state index in [1.807, 2.05) is 0 Å². The van der Waals surface area contributed by atoms with Crippen LogP contribution in [0.4, 0.5) is 0 Å². The van der Waals surface area contributed by atoms with Gasteiger partial charge in [-0.1, -0.05) is 24.1 Å². The first-order chi connectivity index (χ1) is 20.5. The van der Waals surface area contributed by atoms with E-state index in [4.69, 9.17) is 27.5 Å². The van der Waals surface area contributed by atoms with Crippen LogP contribution in [0.3, 0.4) is 0 Å². The molecule has 0 heterocycles. The molecule has 1 aliphatic rings. The van der Waals surface area contributed by atoms with Crippen molar-refractivity contribution >= 4 is 24.2 Å². The molecule has 0 bridgehead atoms. The number of ether oxygens (including phenoxy) is 3. The molecule has 0 radical (unpaired) electrons. The first-order valence-corrected chi connectivity index (χ1v) is 20.5. The zero-order valence-corrected chi connectivity index (χ0v) is 37.9. The second kappa shape index (κ2) is 14.9. The van der Waals surface area contributed by atoms with Crippen LogP contribution in [-0.4, -0.2) is 63.7 Å². The fourth-order valence-electron chi connectivity index (χ4n) is 6.50. The maximum atomic E-state index is 6.66. The minimum Gasteiger partial charge on any atom is -0.368 e. The lowest BCUT2D eigenvalue weighted by atomic mass is 9.87. The van der Waals surface area contributed by atoms with Gasteiger partial charge in [-0.25, -0.2) is 0 Å². The summed E-state index contributed by atoms with van der Waals surface area (Å²) in [7, 11) is -2.31. The Morgan fingerprint density at radius 1 is 0.511 bits per heavy atom. The molecule has 0 saturated heterocycles. The fraction of sp³-hybridized carbons (Fsp3) is 0.846. The highest BCUT2D eigenvalue weighted by molar-refractivity contribution is 6.76. The molecule has 1 fully saturated rings. The second-order valence-corrected chi connectivity index (χ2v) is 23.6. The Balaban J connectivity index is 0.000000474. The average molecular weight is 697 g/mol. The van der Waals surface area contributed by atoms with Crippen molar-refractivity contribution in [1.29, 1.82) is 0 Å². The highest BCUT2D eigenvalue weighted by Crippen LogP contribution is 2.47. The third-order valence-corrected chi connectivity index (χ3v) is 12.5. The Bertz CT molecular complexity index is 1070. The summed E-state index contributed by atoms with van der Waals surface area (Å²) in [6, 6.07) is 4.38. The van der Waals surface area contributed by atoms with E-state index >= 15 is 0 Å². The van der Waals surface area contributed by atoms with Crippen molar-refractivity contribution in [3.63, 3.8) is 0 Å². The van der Waals surface area contributed by atoms with Gasteiger partial charge in [0.1, 0.15) is 5.22 Å². The van der Waals surface area contributed by atoms with Gasteiger partial charge in [-0.15, -0.1) is 0 Å². The van der Waals surface area contributed by atoms with Crippen molar-refractivity contribution in [3.8, 4) is 0 Å². The minimum atomic E-state index is -3.19. The molecule has 0 amide bonds. The van der Waals surface area contributed by atoms with Gasteiger partial charge in [0.2, 0.25) is 0 Å². The zero-order chi connectivity index (χ0) is 37.3. The summed E-state index contributed by atoms with van der Waals surface area (Å²) in [5, 5.41) is 0.780. The molecule has 1 saturated carbocycles. The molecule has 1 atom stereocenters. The summed E-state index contributed by atoms with van der Waals surface area (Å²) < 4.78 is 39.7. The van der Waals surface area contributed by atoms with Crippen molar-refractivity contribution in [1.82, 2.24) is 0 Å². The third kappa shape index (κ3) is 15.1. The summed E-state index contributed by atoms with van der Waals surface area (Å²) in [5.74, 6) is -0.652. The molecular weight excluding hydrogens is 621 g/mol. The van der Waals surface area contributed by atoms with Crippen LogP contribution >= 0.6 is 0 Å². The lowest BCUT2D eigenvalue weighted by Gasteiger charge is -2.56. The summed E-state index contributed by atoms with van der Waals surface area (Å²) in [5.41, 5.74) is 1.70. The predicted molar refractivity (Wildman–Crippen MR) is 205 cm³/mol. The van der Waals surface area contributed by atoms with Gasteiger partial charge in [-0.05, 0) is 169 Å². The Morgan fingerprint density at radius 3 is 1.13 bits per heavy atom. The van der Waals surface area contributed by atoms with Crippen LogP contribution in [0.2, 0.25) is 0 Å². The standard InChI is InChI=1S/C21H38O3Si.C18H38O3Si/c1-15-13-16(2)18(17(3)14-15)25(22-19(4,5)6,23-20(7,8)9)24-21(10,11)12;1-14(2,3)19-17(20-15(4,5)6)12-10-11-13-18(17,22)21-16(7,8)9/h13-14H,1-12H3;10-13H2,1-9,22H3. The Hall–Kier alpha value is -0.586. The largest absolute Gasteiger partial charge is 0.539 e. The van der Waals surface area contributed by atoms with Crippen molar-refractivity contribution in [2.24, 2.45) is 0 Å². The molecular formula is C39H76O6Si2. The number of benzene rings is 1. The van der Waals surface area contributed by atoms with Crippen LogP contribution in [0.25, 0.3) is 0 Å². The third-order valence-electron chi connectivity index (χ3n) is 6.99. The summed E-state index contributed by atoms with van der Waals surface area (Å²) in [6.45, 7) is 43.9. The van der Waals surface area contributed by atoms with Crippen LogP contribution in [-0.2, 0) is 27.5 Å². The van der Waals surface area contributed by atoms with Crippen molar-refractivity contribution in [2.75, 3.05) is 0 Å². The van der Waals surface area contributed by atoms with Crippen LogP contribution in [0, 0.1) is 20.8 Å². The average Bonchev–Trinajstić information content (AvgIpc) is 2.68. The molecule has 0 N–H and O–H groups in total. The molecule has 47 heavy (non-hydrogen) atoms. The molecule has 8 heteroatoms. The highest BCUT2D eigenvalue weighted by atomic mass is 28.4. The number of aryl methyl sites for hydroxylation is 3. The molecule has 0 spiro atoms. The van der Waals surface area contributed by atoms with Gasteiger partial charge < -0.3 is 27.5 Å². The van der Waals surface area contributed by atoms with E-state index in [-0.39, 0.29) is 38.8 Å². The van der Waals surface area contributed by atoms with E-state index in [9.17, 15) is 0 Å². The summed E-state index contributed by atoms with van der Waals surface area (Å²) in [4.78, 5) is 0. The molecule has 0 aliphatic heterocycles. The monoisotopic (exact) mass is 697 g/mol. The molecule has 1 aromatic carbocycles. The van der Waals surface area contributed by atoms with Crippen LogP contribution < -0.4 is 5.19 Å². The molecule has 276 valence electrons. The van der Waals surface area contributed by atoms with E-state index in [0.717, 1.165) is 34.7 Å². The lowest BCUT2D eigenvalue weighted by Crippen LogP contribution is -2.66. The zero-order valence-electron chi connectivity index (χ0n) is 34.9. The van der Waals surface area contributed by atoms with Crippen molar-refractivity contribution in [2.45, 2.75) is 216 Å². The lowest BCUT2D eigenvalue weighted by molar-refractivity contribution is -0.381. The Labute approximate surface area is 295 Å². The van der Waals surface area contributed by atoms with Gasteiger partial charge in [-0.2, -0.15) is 0 Å². The number of hydrogen-bond donors (Lipinski definition) is 0. The van der Waals surface area contributed by atoms with Gasteiger partial charge in [0.25, 0.3) is 0 Å². The number of hydrogen-bond acceptors (Lipinski definition) is 6. The maximum absolute atomic E-state index is 6.66. The van der Waals surface area contributed by atoms with Crippen molar-refractivity contribution in [3.05, 3.63) is 28.8 Å². The van der Waals surface area contributed by atoms with Gasteiger partial charge in [0, 0.05) is 11.6 Å². The Morgan fingerprint density at radius 2 is 0.830 bits per heavy atom. The molecule has 1 unspecified atom stereocenters. The van der Waals surface area contributed by atoms with E-state index in [2.05, 4.69) is 158 Å². The van der Waals surface area contributed by atoms with Crippen LogP contribution in [0.15, 0.2) is 12.1 Å². The van der Waals surface area contributed by atoms with Gasteiger partial charge in [0.15, 0.2) is 5.79 Å². The first kappa shape index (κ1) is 44.4. The molecule has 6 nitrogen and oxygen atoms in total. The van der Waals surface area contributed by atoms with Gasteiger partial charge >= 0.3 is 8.80 Å².